The van der Waals surface area contributed by atoms with E-state index in [1.54, 1.807) is 6.07 Å². The van der Waals surface area contributed by atoms with Crippen LogP contribution in [0.5, 0.6) is 0 Å². The van der Waals surface area contributed by atoms with E-state index in [2.05, 4.69) is 12.2 Å². The molecule has 1 N–H and O–H groups in total. The molecule has 5 aliphatic rings. The van der Waals surface area contributed by atoms with Gasteiger partial charge in [0.2, 0.25) is 0 Å². The number of ether oxygens (including phenoxy) is 1. The summed E-state index contributed by atoms with van der Waals surface area (Å²) in [5, 5.41) is 3.24. The fourth-order valence-corrected chi connectivity index (χ4v) is 6.65. The van der Waals surface area contributed by atoms with Crippen LogP contribution in [-0.4, -0.2) is 24.0 Å². The summed E-state index contributed by atoms with van der Waals surface area (Å²) in [6.45, 7) is 2.17. The van der Waals surface area contributed by atoms with Crippen LogP contribution in [0.3, 0.4) is 0 Å². The fourth-order valence-electron chi connectivity index (χ4n) is 6.65. The van der Waals surface area contributed by atoms with Crippen molar-refractivity contribution in [2.45, 2.75) is 64.0 Å². The Hall–Kier alpha value is -1.84. The molecule has 138 valence electrons. The molecule has 0 radical (unpaired) electrons. The van der Waals surface area contributed by atoms with Gasteiger partial charge in [-0.3, -0.25) is 4.79 Å². The topological polar surface area (TPSA) is 55.4 Å². The van der Waals surface area contributed by atoms with Crippen LogP contribution in [0.25, 0.3) is 0 Å². The number of carbonyl (C=O) groups excluding carboxylic acids is 2. The lowest BCUT2D eigenvalue weighted by molar-refractivity contribution is -0.134. The lowest BCUT2D eigenvalue weighted by Crippen LogP contribution is -2.57. The zero-order valence-electron chi connectivity index (χ0n) is 15.4. The van der Waals surface area contributed by atoms with E-state index in [1.165, 1.54) is 38.5 Å². The minimum Gasteiger partial charge on any atom is -0.448 e. The molecule has 1 aliphatic heterocycles. The van der Waals surface area contributed by atoms with Crippen LogP contribution in [0.1, 0.15) is 61.4 Å². The van der Waals surface area contributed by atoms with E-state index in [-0.39, 0.29) is 23.3 Å². The minimum absolute atomic E-state index is 0.129. The highest BCUT2D eigenvalue weighted by atomic mass is 16.5. The van der Waals surface area contributed by atoms with Gasteiger partial charge in [-0.25, -0.2) is 4.79 Å². The van der Waals surface area contributed by atoms with Gasteiger partial charge < -0.3 is 10.1 Å². The molecule has 4 aliphatic carbocycles. The van der Waals surface area contributed by atoms with Gasteiger partial charge >= 0.3 is 5.97 Å². The first kappa shape index (κ1) is 16.3. The SMILES string of the molecule is C[C@H](NC(=O)[C@@H]1Cc2ccccc2C(=O)O1)C12CC3CC(CC(C3)C1)C2. The van der Waals surface area contributed by atoms with E-state index in [4.69, 9.17) is 4.74 Å². The van der Waals surface area contributed by atoms with Gasteiger partial charge in [-0.05, 0) is 80.2 Å². The third-order valence-corrected chi connectivity index (χ3v) is 7.55. The summed E-state index contributed by atoms with van der Waals surface area (Å²) < 4.78 is 5.44. The van der Waals surface area contributed by atoms with Crippen LogP contribution >= 0.6 is 0 Å². The Morgan fingerprint density at radius 3 is 2.38 bits per heavy atom. The van der Waals surface area contributed by atoms with Gasteiger partial charge in [0.15, 0.2) is 6.10 Å². The number of carbonyl (C=O) groups is 2. The van der Waals surface area contributed by atoms with Crippen molar-refractivity contribution < 1.29 is 14.3 Å². The van der Waals surface area contributed by atoms with E-state index < -0.39 is 6.10 Å². The van der Waals surface area contributed by atoms with Crippen molar-refractivity contribution in [3.63, 3.8) is 0 Å². The minimum atomic E-state index is -0.700. The predicted molar refractivity (Wildman–Crippen MR) is 97.6 cm³/mol. The van der Waals surface area contributed by atoms with E-state index in [0.29, 0.717) is 12.0 Å². The molecule has 4 heteroatoms. The smallest absolute Gasteiger partial charge is 0.339 e. The van der Waals surface area contributed by atoms with Crippen molar-refractivity contribution in [1.29, 1.82) is 0 Å². The van der Waals surface area contributed by atoms with Gasteiger partial charge in [0, 0.05) is 12.5 Å². The molecule has 4 bridgehead atoms. The number of benzene rings is 1. The molecule has 1 aromatic rings. The van der Waals surface area contributed by atoms with Crippen molar-refractivity contribution in [3.8, 4) is 0 Å². The third kappa shape index (κ3) is 2.57. The van der Waals surface area contributed by atoms with Crippen LogP contribution < -0.4 is 5.32 Å². The Balaban J connectivity index is 1.30. The third-order valence-electron chi connectivity index (χ3n) is 7.55. The zero-order valence-corrected chi connectivity index (χ0v) is 15.4. The highest BCUT2D eigenvalue weighted by Gasteiger charge is 2.53. The zero-order chi connectivity index (χ0) is 17.9. The van der Waals surface area contributed by atoms with Gasteiger partial charge in [0.1, 0.15) is 0 Å². The normalized spacial score (nSPS) is 38.4. The lowest BCUT2D eigenvalue weighted by atomic mass is 9.48. The maximum Gasteiger partial charge on any atom is 0.339 e. The Kier molecular flexibility index (Phi) is 3.67. The summed E-state index contributed by atoms with van der Waals surface area (Å²) in [6, 6.07) is 7.57. The quantitative estimate of drug-likeness (QED) is 0.847. The highest BCUT2D eigenvalue weighted by Crippen LogP contribution is 2.61. The van der Waals surface area contributed by atoms with Crippen LogP contribution in [0.4, 0.5) is 0 Å². The van der Waals surface area contributed by atoms with E-state index in [1.807, 2.05) is 18.2 Å². The monoisotopic (exact) mass is 353 g/mol. The molecule has 0 aromatic heterocycles. The van der Waals surface area contributed by atoms with Crippen molar-refractivity contribution in [1.82, 2.24) is 5.32 Å². The molecule has 4 nitrogen and oxygen atoms in total. The standard InChI is InChI=1S/C22H27NO3/c1-13(22-10-14-6-15(11-22)8-16(7-14)12-22)23-20(24)19-9-17-4-2-3-5-18(17)21(25)26-19/h2-5,13-16,19H,6-12H2,1H3,(H,23,24)/t13-,14?,15?,16?,19-,22?/m0/s1. The molecular formula is C22H27NO3. The Bertz CT molecular complexity index is 720. The summed E-state index contributed by atoms with van der Waals surface area (Å²) in [7, 11) is 0. The van der Waals surface area contributed by atoms with Crippen LogP contribution in [0.15, 0.2) is 24.3 Å². The molecule has 1 heterocycles. The van der Waals surface area contributed by atoms with E-state index in [9.17, 15) is 9.59 Å². The molecule has 0 unspecified atom stereocenters. The second-order valence-corrected chi connectivity index (χ2v) is 9.27. The average Bonchev–Trinajstić information content (AvgIpc) is 2.60. The molecule has 4 fully saturated rings. The second kappa shape index (κ2) is 5.83. The Labute approximate surface area is 154 Å². The summed E-state index contributed by atoms with van der Waals surface area (Å²) in [5.74, 6) is 2.07. The molecule has 0 saturated heterocycles. The first-order chi connectivity index (χ1) is 12.5. The van der Waals surface area contributed by atoms with Crippen molar-refractivity contribution in [3.05, 3.63) is 35.4 Å². The second-order valence-electron chi connectivity index (χ2n) is 9.27. The number of nitrogens with one attached hydrogen (secondary N) is 1. The van der Waals surface area contributed by atoms with Gasteiger partial charge in [-0.15, -0.1) is 0 Å². The van der Waals surface area contributed by atoms with Crippen LogP contribution in [0, 0.1) is 23.2 Å². The molecule has 0 spiro atoms. The predicted octanol–water partition coefficient (Wildman–Crippen LogP) is 3.49. The number of rotatable bonds is 3. The number of esters is 1. The number of amides is 1. The summed E-state index contributed by atoms with van der Waals surface area (Å²) >= 11 is 0. The summed E-state index contributed by atoms with van der Waals surface area (Å²) in [6.07, 6.45) is 7.75. The first-order valence-corrected chi connectivity index (χ1v) is 10.1. The molecule has 1 amide bonds. The van der Waals surface area contributed by atoms with Crippen molar-refractivity contribution in [2.75, 3.05) is 0 Å². The molecule has 26 heavy (non-hydrogen) atoms. The van der Waals surface area contributed by atoms with E-state index in [0.717, 1.165) is 23.3 Å². The molecule has 6 rings (SSSR count). The van der Waals surface area contributed by atoms with Gasteiger partial charge in [-0.1, -0.05) is 18.2 Å². The van der Waals surface area contributed by atoms with Crippen LogP contribution in [0.2, 0.25) is 0 Å². The van der Waals surface area contributed by atoms with E-state index >= 15 is 0 Å². The summed E-state index contributed by atoms with van der Waals surface area (Å²) in [4.78, 5) is 25.1. The number of cyclic esters (lactones) is 1. The Morgan fingerprint density at radius 2 is 1.73 bits per heavy atom. The molecular weight excluding hydrogens is 326 g/mol. The van der Waals surface area contributed by atoms with Gasteiger partial charge in [0.05, 0.1) is 5.56 Å². The van der Waals surface area contributed by atoms with Crippen molar-refractivity contribution >= 4 is 11.9 Å². The lowest BCUT2D eigenvalue weighted by Gasteiger charge is -2.59. The molecule has 4 saturated carbocycles. The summed E-state index contributed by atoms with van der Waals surface area (Å²) in [5.41, 5.74) is 1.76. The van der Waals surface area contributed by atoms with Gasteiger partial charge in [0.25, 0.3) is 5.91 Å². The average molecular weight is 353 g/mol. The largest absolute Gasteiger partial charge is 0.448 e. The number of hydrogen-bond acceptors (Lipinski definition) is 3. The van der Waals surface area contributed by atoms with Crippen molar-refractivity contribution in [2.24, 2.45) is 23.2 Å². The Morgan fingerprint density at radius 1 is 1.12 bits per heavy atom. The van der Waals surface area contributed by atoms with Gasteiger partial charge in [-0.2, -0.15) is 0 Å². The fraction of sp³-hybridized carbons (Fsp3) is 0.636. The first-order valence-electron chi connectivity index (χ1n) is 10.1. The van der Waals surface area contributed by atoms with Crippen LogP contribution in [-0.2, 0) is 16.0 Å². The molecule has 2 atom stereocenters. The maximum atomic E-state index is 12.9. The number of fused-ring (bicyclic) bond motifs is 1. The molecule has 1 aromatic carbocycles. The highest BCUT2D eigenvalue weighted by molar-refractivity contribution is 5.95. The maximum absolute atomic E-state index is 12.9. The number of hydrogen-bond donors (Lipinski definition) is 1.